The summed E-state index contributed by atoms with van der Waals surface area (Å²) in [5, 5.41) is 0. The molecule has 4 nitrogen and oxygen atoms in total. The van der Waals surface area contributed by atoms with Crippen molar-refractivity contribution in [1.29, 1.82) is 0 Å². The van der Waals surface area contributed by atoms with Crippen molar-refractivity contribution in [3.8, 4) is 0 Å². The Labute approximate surface area is 96.5 Å². The van der Waals surface area contributed by atoms with Gasteiger partial charge in [0.05, 0.1) is 10.7 Å². The Morgan fingerprint density at radius 3 is 3.07 bits per heavy atom. The van der Waals surface area contributed by atoms with Crippen LogP contribution in [0.5, 0.6) is 0 Å². The van der Waals surface area contributed by atoms with Gasteiger partial charge >= 0.3 is 0 Å². The summed E-state index contributed by atoms with van der Waals surface area (Å²) >= 11 is 3.28. The first-order valence-electron chi connectivity index (χ1n) is 4.96. The zero-order valence-electron chi connectivity index (χ0n) is 8.28. The van der Waals surface area contributed by atoms with Gasteiger partial charge in [-0.25, -0.2) is 0 Å². The summed E-state index contributed by atoms with van der Waals surface area (Å²) in [5.74, 6) is 0.283. The largest absolute Gasteiger partial charge is 0.458 e. The average molecular weight is 273 g/mol. The molecule has 0 aliphatic carbocycles. The lowest BCUT2D eigenvalue weighted by molar-refractivity contribution is 0.0675. The summed E-state index contributed by atoms with van der Waals surface area (Å²) in [4.78, 5) is 13.7. The highest BCUT2D eigenvalue weighted by molar-refractivity contribution is 9.10. The van der Waals surface area contributed by atoms with Gasteiger partial charge in [-0.15, -0.1) is 0 Å². The van der Waals surface area contributed by atoms with Gasteiger partial charge in [0.2, 0.25) is 5.76 Å². The third-order valence-corrected chi connectivity index (χ3v) is 3.18. The third kappa shape index (κ3) is 2.23. The zero-order chi connectivity index (χ0) is 10.8. The first kappa shape index (κ1) is 10.7. The van der Waals surface area contributed by atoms with E-state index in [4.69, 9.17) is 10.2 Å². The van der Waals surface area contributed by atoms with Gasteiger partial charge in [0, 0.05) is 19.1 Å². The Morgan fingerprint density at radius 1 is 1.67 bits per heavy atom. The molecule has 1 aliphatic rings. The fourth-order valence-electron chi connectivity index (χ4n) is 1.78. The molecule has 1 aromatic rings. The number of nitrogens with two attached hydrogens (primary N) is 1. The molecule has 15 heavy (non-hydrogen) atoms. The molecule has 1 aliphatic heterocycles. The molecule has 1 saturated heterocycles. The van der Waals surface area contributed by atoms with Gasteiger partial charge < -0.3 is 15.1 Å². The van der Waals surface area contributed by atoms with Crippen LogP contribution in [0.25, 0.3) is 0 Å². The van der Waals surface area contributed by atoms with Gasteiger partial charge in [-0.3, -0.25) is 4.79 Å². The van der Waals surface area contributed by atoms with Crippen LogP contribution in [-0.2, 0) is 0 Å². The van der Waals surface area contributed by atoms with E-state index in [0.717, 1.165) is 19.4 Å². The second kappa shape index (κ2) is 4.37. The van der Waals surface area contributed by atoms with Crippen molar-refractivity contribution in [2.24, 2.45) is 5.73 Å². The molecule has 1 atom stereocenters. The maximum Gasteiger partial charge on any atom is 0.290 e. The molecule has 5 heteroatoms. The molecular weight excluding hydrogens is 260 g/mol. The standard InChI is InChI=1S/C10H13BrN2O2/c11-8-3-5-15-9(8)10(14)13-4-1-2-7(12)6-13/h3,5,7H,1-2,4,6,12H2/t7-/m1/s1. The molecule has 1 aromatic heterocycles. The van der Waals surface area contributed by atoms with E-state index in [0.29, 0.717) is 16.8 Å². The van der Waals surface area contributed by atoms with Crippen molar-refractivity contribution in [2.75, 3.05) is 13.1 Å². The van der Waals surface area contributed by atoms with E-state index in [-0.39, 0.29) is 11.9 Å². The van der Waals surface area contributed by atoms with Crippen LogP contribution in [0.3, 0.4) is 0 Å². The number of hydrogen-bond donors (Lipinski definition) is 1. The third-order valence-electron chi connectivity index (χ3n) is 2.56. The summed E-state index contributed by atoms with van der Waals surface area (Å²) in [6, 6.07) is 1.81. The van der Waals surface area contributed by atoms with Crippen LogP contribution in [0, 0.1) is 0 Å². The fraction of sp³-hybridized carbons (Fsp3) is 0.500. The van der Waals surface area contributed by atoms with E-state index in [2.05, 4.69) is 15.9 Å². The minimum Gasteiger partial charge on any atom is -0.458 e. The van der Waals surface area contributed by atoms with E-state index in [9.17, 15) is 4.79 Å². The summed E-state index contributed by atoms with van der Waals surface area (Å²) in [5.41, 5.74) is 5.82. The van der Waals surface area contributed by atoms with Gasteiger partial charge in [0.25, 0.3) is 5.91 Å². The van der Waals surface area contributed by atoms with Crippen molar-refractivity contribution in [3.63, 3.8) is 0 Å². The van der Waals surface area contributed by atoms with Crippen molar-refractivity contribution < 1.29 is 9.21 Å². The minimum absolute atomic E-state index is 0.0815. The number of rotatable bonds is 1. The normalized spacial score (nSPS) is 21.7. The Hall–Kier alpha value is -0.810. The highest BCUT2D eigenvalue weighted by atomic mass is 79.9. The van der Waals surface area contributed by atoms with Crippen LogP contribution in [0.15, 0.2) is 21.2 Å². The molecule has 2 heterocycles. The van der Waals surface area contributed by atoms with Gasteiger partial charge in [0.1, 0.15) is 0 Å². The van der Waals surface area contributed by atoms with Crippen molar-refractivity contribution in [2.45, 2.75) is 18.9 Å². The van der Waals surface area contributed by atoms with Crippen LogP contribution in [-0.4, -0.2) is 29.9 Å². The van der Waals surface area contributed by atoms with Crippen molar-refractivity contribution in [3.05, 3.63) is 22.6 Å². The number of halogens is 1. The van der Waals surface area contributed by atoms with Crippen LogP contribution < -0.4 is 5.73 Å². The monoisotopic (exact) mass is 272 g/mol. The van der Waals surface area contributed by atoms with E-state index in [1.54, 1.807) is 11.0 Å². The van der Waals surface area contributed by atoms with Crippen LogP contribution in [0.2, 0.25) is 0 Å². The Kier molecular flexibility index (Phi) is 3.11. The number of furan rings is 1. The maximum atomic E-state index is 12.0. The van der Waals surface area contributed by atoms with E-state index in [1.807, 2.05) is 0 Å². The molecule has 0 unspecified atom stereocenters. The lowest BCUT2D eigenvalue weighted by Gasteiger charge is -2.30. The Balaban J connectivity index is 2.11. The molecule has 82 valence electrons. The number of hydrogen-bond acceptors (Lipinski definition) is 3. The van der Waals surface area contributed by atoms with Gasteiger partial charge in [-0.2, -0.15) is 0 Å². The lowest BCUT2D eigenvalue weighted by atomic mass is 10.1. The minimum atomic E-state index is -0.0815. The summed E-state index contributed by atoms with van der Waals surface area (Å²) in [6.07, 6.45) is 3.45. The molecule has 0 radical (unpaired) electrons. The topological polar surface area (TPSA) is 59.5 Å². The molecule has 0 bridgehead atoms. The summed E-state index contributed by atoms with van der Waals surface area (Å²) in [7, 11) is 0. The van der Waals surface area contributed by atoms with Crippen LogP contribution >= 0.6 is 15.9 Å². The zero-order valence-corrected chi connectivity index (χ0v) is 9.87. The molecule has 0 aromatic carbocycles. The number of carbonyl (C=O) groups is 1. The summed E-state index contributed by atoms with van der Waals surface area (Å²) in [6.45, 7) is 1.38. The maximum absolute atomic E-state index is 12.0. The highest BCUT2D eigenvalue weighted by Crippen LogP contribution is 2.21. The summed E-state index contributed by atoms with van der Waals surface area (Å²) < 4.78 is 5.84. The number of carbonyl (C=O) groups excluding carboxylic acids is 1. The number of piperidine rings is 1. The second-order valence-corrected chi connectivity index (χ2v) is 4.61. The SMILES string of the molecule is N[C@@H]1CCCN(C(=O)c2occc2Br)C1. The van der Waals surface area contributed by atoms with E-state index < -0.39 is 0 Å². The van der Waals surface area contributed by atoms with Crippen LogP contribution in [0.1, 0.15) is 23.4 Å². The second-order valence-electron chi connectivity index (χ2n) is 3.75. The highest BCUT2D eigenvalue weighted by Gasteiger charge is 2.25. The van der Waals surface area contributed by atoms with Crippen LogP contribution in [0.4, 0.5) is 0 Å². The molecule has 2 N–H and O–H groups in total. The van der Waals surface area contributed by atoms with Crippen molar-refractivity contribution in [1.82, 2.24) is 4.90 Å². The molecule has 2 rings (SSSR count). The lowest BCUT2D eigenvalue weighted by Crippen LogP contribution is -2.45. The first-order chi connectivity index (χ1) is 7.18. The number of amides is 1. The van der Waals surface area contributed by atoms with Gasteiger partial charge in [-0.05, 0) is 34.8 Å². The molecule has 0 saturated carbocycles. The fourth-order valence-corrected chi connectivity index (χ4v) is 2.16. The Bertz CT molecular complexity index is 364. The number of nitrogens with zero attached hydrogens (tertiary/aromatic N) is 1. The smallest absolute Gasteiger partial charge is 0.290 e. The number of likely N-dealkylation sites (tertiary alicyclic amines) is 1. The molecule has 1 amide bonds. The predicted octanol–water partition coefficient (Wildman–Crippen LogP) is 1.61. The molecular formula is C10H13BrN2O2. The first-order valence-corrected chi connectivity index (χ1v) is 5.75. The van der Waals surface area contributed by atoms with Crippen molar-refractivity contribution >= 4 is 21.8 Å². The van der Waals surface area contributed by atoms with Gasteiger partial charge in [0.15, 0.2) is 0 Å². The van der Waals surface area contributed by atoms with Gasteiger partial charge in [-0.1, -0.05) is 0 Å². The average Bonchev–Trinajstić information content (AvgIpc) is 2.63. The van der Waals surface area contributed by atoms with E-state index in [1.165, 1.54) is 6.26 Å². The molecule has 0 spiro atoms. The Morgan fingerprint density at radius 2 is 2.47 bits per heavy atom. The quantitative estimate of drug-likeness (QED) is 0.845. The predicted molar refractivity (Wildman–Crippen MR) is 59.5 cm³/mol. The van der Waals surface area contributed by atoms with E-state index >= 15 is 0 Å². The molecule has 1 fully saturated rings.